The molecule has 0 aliphatic carbocycles. The van der Waals surface area contributed by atoms with Crippen LogP contribution in [0.4, 0.5) is 13.2 Å². The number of piperidine rings is 1. The summed E-state index contributed by atoms with van der Waals surface area (Å²) >= 11 is 1.04. The van der Waals surface area contributed by atoms with Gasteiger partial charge in [0.05, 0.1) is 4.88 Å². The highest BCUT2D eigenvalue weighted by Gasteiger charge is 2.33. The lowest BCUT2D eigenvalue weighted by Gasteiger charge is -2.32. The minimum absolute atomic E-state index is 0. The number of amides is 1. The summed E-state index contributed by atoms with van der Waals surface area (Å²) < 4.78 is 38.4. The molecule has 1 fully saturated rings. The molecular weight excluding hydrogens is 375 g/mol. The van der Waals surface area contributed by atoms with E-state index in [1.165, 1.54) is 6.07 Å². The molecule has 1 unspecified atom stereocenters. The number of pyridine rings is 1. The van der Waals surface area contributed by atoms with Gasteiger partial charge in [0.25, 0.3) is 5.91 Å². The van der Waals surface area contributed by atoms with Crippen LogP contribution in [0.2, 0.25) is 0 Å². The van der Waals surface area contributed by atoms with Crippen LogP contribution in [0.15, 0.2) is 12.1 Å². The van der Waals surface area contributed by atoms with Crippen LogP contribution in [-0.2, 0) is 6.18 Å². The largest absolute Gasteiger partial charge is 0.433 e. The molecule has 1 N–H and O–H groups in total. The van der Waals surface area contributed by atoms with Crippen molar-refractivity contribution in [2.75, 3.05) is 20.1 Å². The molecule has 4 nitrogen and oxygen atoms in total. The number of fused-ring (bicyclic) bond motifs is 1. The zero-order valence-corrected chi connectivity index (χ0v) is 15.4. The molecule has 1 saturated heterocycles. The number of aryl methyl sites for hydroxylation is 1. The molecule has 0 spiro atoms. The molecule has 3 rings (SSSR count). The van der Waals surface area contributed by atoms with Gasteiger partial charge in [-0.1, -0.05) is 0 Å². The van der Waals surface area contributed by atoms with Gasteiger partial charge in [-0.15, -0.1) is 23.7 Å². The van der Waals surface area contributed by atoms with Crippen LogP contribution in [0, 0.1) is 6.92 Å². The number of likely N-dealkylation sites (N-methyl/N-ethyl adjacent to an activating group) is 1. The van der Waals surface area contributed by atoms with Crippen LogP contribution in [-0.4, -0.2) is 42.0 Å². The van der Waals surface area contributed by atoms with Crippen molar-refractivity contribution in [2.24, 2.45) is 0 Å². The number of carbonyl (C=O) groups excluding carboxylic acids is 1. The van der Waals surface area contributed by atoms with E-state index in [0.717, 1.165) is 30.2 Å². The number of hydrogen-bond acceptors (Lipinski definition) is 4. The number of hydrogen-bond donors (Lipinski definition) is 1. The van der Waals surface area contributed by atoms with Gasteiger partial charge in [0.2, 0.25) is 0 Å². The van der Waals surface area contributed by atoms with Crippen molar-refractivity contribution in [1.29, 1.82) is 0 Å². The van der Waals surface area contributed by atoms with E-state index < -0.39 is 11.9 Å². The second-order valence-electron chi connectivity index (χ2n) is 5.98. The van der Waals surface area contributed by atoms with Gasteiger partial charge in [0.1, 0.15) is 10.5 Å². The lowest BCUT2D eigenvalue weighted by atomic mass is 10.1. The van der Waals surface area contributed by atoms with E-state index in [4.69, 9.17) is 0 Å². The Morgan fingerprint density at radius 2 is 2.12 bits per heavy atom. The summed E-state index contributed by atoms with van der Waals surface area (Å²) in [5.74, 6) is -0.121. The highest BCUT2D eigenvalue weighted by atomic mass is 35.5. The standard InChI is InChI=1S/C16H18F3N3OS.ClH/c1-9-11-5-6-12(16(17,18)19)21-14(11)24-13(9)15(23)22-7-3-4-10(8-22)20-2;/h5-6,10,20H,3-4,7-8H2,1-2H3;1H. The molecule has 2 aromatic rings. The van der Waals surface area contributed by atoms with Crippen LogP contribution >= 0.6 is 23.7 Å². The summed E-state index contributed by atoms with van der Waals surface area (Å²) in [6.45, 7) is 3.05. The van der Waals surface area contributed by atoms with Crippen molar-refractivity contribution in [3.8, 4) is 0 Å². The zero-order chi connectivity index (χ0) is 17.5. The zero-order valence-electron chi connectivity index (χ0n) is 13.8. The van der Waals surface area contributed by atoms with Crippen LogP contribution in [0.5, 0.6) is 0 Å². The Balaban J connectivity index is 0.00000225. The van der Waals surface area contributed by atoms with Crippen LogP contribution < -0.4 is 5.32 Å². The maximum absolute atomic E-state index is 12.8. The Bertz CT molecular complexity index is 778. The summed E-state index contributed by atoms with van der Waals surface area (Å²) in [6, 6.07) is 2.63. The second kappa shape index (κ2) is 7.47. The number of carbonyl (C=O) groups is 1. The van der Waals surface area contributed by atoms with Crippen molar-refractivity contribution in [3.63, 3.8) is 0 Å². The third-order valence-corrected chi connectivity index (χ3v) is 5.59. The molecule has 0 saturated carbocycles. The van der Waals surface area contributed by atoms with Crippen LogP contribution in [0.1, 0.15) is 33.8 Å². The summed E-state index contributed by atoms with van der Waals surface area (Å²) in [4.78, 5) is 19.0. The van der Waals surface area contributed by atoms with Crippen molar-refractivity contribution < 1.29 is 18.0 Å². The van der Waals surface area contributed by atoms with Crippen LogP contribution in [0.3, 0.4) is 0 Å². The van der Waals surface area contributed by atoms with Gasteiger partial charge in [-0.2, -0.15) is 13.2 Å². The molecule has 0 radical (unpaired) electrons. The maximum atomic E-state index is 12.8. The molecule has 0 aromatic carbocycles. The van der Waals surface area contributed by atoms with Gasteiger partial charge < -0.3 is 10.2 Å². The van der Waals surface area contributed by atoms with Crippen molar-refractivity contribution in [3.05, 3.63) is 28.3 Å². The molecule has 25 heavy (non-hydrogen) atoms. The Kier molecular flexibility index (Phi) is 5.96. The first-order chi connectivity index (χ1) is 11.3. The lowest BCUT2D eigenvalue weighted by molar-refractivity contribution is -0.140. The third kappa shape index (κ3) is 3.91. The SMILES string of the molecule is CNC1CCCN(C(=O)c2sc3nc(C(F)(F)F)ccc3c2C)C1.Cl. The molecule has 1 aliphatic heterocycles. The van der Waals surface area contributed by atoms with E-state index >= 15 is 0 Å². The Morgan fingerprint density at radius 3 is 2.76 bits per heavy atom. The monoisotopic (exact) mass is 393 g/mol. The van der Waals surface area contributed by atoms with E-state index in [9.17, 15) is 18.0 Å². The predicted octanol–water partition coefficient (Wildman–Crippen LogP) is 3.87. The number of halogens is 4. The van der Waals surface area contributed by atoms with Gasteiger partial charge in [0, 0.05) is 24.5 Å². The number of nitrogens with zero attached hydrogens (tertiary/aromatic N) is 2. The number of nitrogens with one attached hydrogen (secondary N) is 1. The average Bonchev–Trinajstić information content (AvgIpc) is 2.90. The van der Waals surface area contributed by atoms with E-state index in [2.05, 4.69) is 10.3 Å². The fourth-order valence-electron chi connectivity index (χ4n) is 3.00. The number of alkyl halides is 3. The molecule has 9 heteroatoms. The molecule has 2 aromatic heterocycles. The van der Waals surface area contributed by atoms with E-state index in [-0.39, 0.29) is 29.2 Å². The third-order valence-electron chi connectivity index (χ3n) is 4.41. The Labute approximate surface area is 153 Å². The molecular formula is C16H19ClF3N3OS. The second-order valence-corrected chi connectivity index (χ2v) is 6.98. The van der Waals surface area contributed by atoms with Gasteiger partial charge >= 0.3 is 6.18 Å². The number of likely N-dealkylation sites (tertiary alicyclic amines) is 1. The molecule has 3 heterocycles. The van der Waals surface area contributed by atoms with Gasteiger partial charge in [-0.25, -0.2) is 4.98 Å². The first-order valence-corrected chi connectivity index (χ1v) is 8.56. The van der Waals surface area contributed by atoms with Crippen molar-refractivity contribution in [2.45, 2.75) is 32.0 Å². The average molecular weight is 394 g/mol. The highest BCUT2D eigenvalue weighted by Crippen LogP contribution is 2.35. The van der Waals surface area contributed by atoms with E-state index in [1.807, 2.05) is 7.05 Å². The predicted molar refractivity (Wildman–Crippen MR) is 94.6 cm³/mol. The first kappa shape index (κ1) is 19.9. The van der Waals surface area contributed by atoms with E-state index in [0.29, 0.717) is 28.9 Å². The fourth-order valence-corrected chi connectivity index (χ4v) is 4.15. The summed E-state index contributed by atoms with van der Waals surface area (Å²) in [5.41, 5.74) is -0.226. The maximum Gasteiger partial charge on any atom is 0.433 e. The topological polar surface area (TPSA) is 45.2 Å². The van der Waals surface area contributed by atoms with Gasteiger partial charge in [0.15, 0.2) is 0 Å². The lowest BCUT2D eigenvalue weighted by Crippen LogP contribution is -2.46. The van der Waals surface area contributed by atoms with Crippen LogP contribution in [0.25, 0.3) is 10.2 Å². The number of thiophene rings is 1. The van der Waals surface area contributed by atoms with E-state index in [1.54, 1.807) is 11.8 Å². The smallest absolute Gasteiger partial charge is 0.336 e. The summed E-state index contributed by atoms with van der Waals surface area (Å²) in [7, 11) is 1.87. The molecule has 1 amide bonds. The summed E-state index contributed by atoms with van der Waals surface area (Å²) in [5, 5.41) is 3.79. The minimum atomic E-state index is -4.48. The van der Waals surface area contributed by atoms with Gasteiger partial charge in [-0.05, 0) is 44.5 Å². The minimum Gasteiger partial charge on any atom is -0.336 e. The fraction of sp³-hybridized carbons (Fsp3) is 0.500. The normalized spacial score (nSPS) is 18.3. The number of aromatic nitrogens is 1. The molecule has 1 atom stereocenters. The molecule has 0 bridgehead atoms. The quantitative estimate of drug-likeness (QED) is 0.842. The van der Waals surface area contributed by atoms with Gasteiger partial charge in [-0.3, -0.25) is 4.79 Å². The highest BCUT2D eigenvalue weighted by molar-refractivity contribution is 7.20. The first-order valence-electron chi connectivity index (χ1n) is 7.75. The molecule has 138 valence electrons. The Morgan fingerprint density at radius 1 is 1.40 bits per heavy atom. The number of rotatable bonds is 2. The Hall–Kier alpha value is -1.38. The van der Waals surface area contributed by atoms with Crippen molar-refractivity contribution in [1.82, 2.24) is 15.2 Å². The van der Waals surface area contributed by atoms with Crippen molar-refractivity contribution >= 4 is 39.9 Å². The molecule has 1 aliphatic rings. The summed E-state index contributed by atoms with van der Waals surface area (Å²) in [6.07, 6.45) is -2.55.